The van der Waals surface area contributed by atoms with Gasteiger partial charge in [-0.1, -0.05) is 36.0 Å². The minimum Gasteiger partial charge on any atom is -0.494 e. The molecular weight excluding hydrogens is 392 g/mol. The van der Waals surface area contributed by atoms with Crippen LogP contribution in [0, 0.1) is 6.92 Å². The molecule has 2 aliphatic heterocycles. The first-order chi connectivity index (χ1) is 13.4. The van der Waals surface area contributed by atoms with Gasteiger partial charge in [-0.3, -0.25) is 4.99 Å². The van der Waals surface area contributed by atoms with E-state index in [2.05, 4.69) is 24.0 Å². The zero-order chi connectivity index (χ0) is 19.7. The number of hydrogen-bond acceptors (Lipinski definition) is 6. The van der Waals surface area contributed by atoms with Gasteiger partial charge in [-0.15, -0.1) is 0 Å². The number of thioether (sulfide) groups is 1. The molecule has 0 radical (unpaired) electrons. The van der Waals surface area contributed by atoms with Crippen molar-refractivity contribution in [3.8, 4) is 5.75 Å². The van der Waals surface area contributed by atoms with E-state index in [1.165, 1.54) is 11.1 Å². The Balaban J connectivity index is 1.65. The van der Waals surface area contributed by atoms with Gasteiger partial charge in [-0.2, -0.15) is 0 Å². The molecule has 148 valence electrons. The molecule has 0 aromatic heterocycles. The normalized spacial score (nSPS) is 22.6. The third-order valence-electron chi connectivity index (χ3n) is 5.09. The number of benzene rings is 2. The molecule has 0 bridgehead atoms. The molecular formula is C21H24N2O3S2. The molecule has 4 rings (SSSR count). The monoisotopic (exact) mass is 416 g/mol. The van der Waals surface area contributed by atoms with Crippen LogP contribution in [0.5, 0.6) is 5.75 Å². The number of rotatable bonds is 5. The highest BCUT2D eigenvalue weighted by Crippen LogP contribution is 2.37. The number of fused-ring (bicyclic) bond motifs is 1. The van der Waals surface area contributed by atoms with Crippen LogP contribution in [-0.4, -0.2) is 43.0 Å². The molecule has 28 heavy (non-hydrogen) atoms. The summed E-state index contributed by atoms with van der Waals surface area (Å²) in [5.41, 5.74) is 3.48. The van der Waals surface area contributed by atoms with Gasteiger partial charge in [0.15, 0.2) is 15.0 Å². The van der Waals surface area contributed by atoms with Crippen molar-refractivity contribution >= 4 is 32.5 Å². The molecule has 1 saturated heterocycles. The number of aliphatic imine (C=N–C) groups is 1. The van der Waals surface area contributed by atoms with Crippen LogP contribution in [0.3, 0.4) is 0 Å². The summed E-state index contributed by atoms with van der Waals surface area (Å²) in [6.45, 7) is 5.40. The topological polar surface area (TPSA) is 59.0 Å². The van der Waals surface area contributed by atoms with Gasteiger partial charge in [-0.05, 0) is 49.2 Å². The summed E-state index contributed by atoms with van der Waals surface area (Å²) in [5, 5.41) is 0.930. The Labute approximate surface area is 170 Å². The summed E-state index contributed by atoms with van der Waals surface area (Å²) in [4.78, 5) is 6.99. The zero-order valence-electron chi connectivity index (χ0n) is 16.0. The maximum Gasteiger partial charge on any atom is 0.164 e. The maximum absolute atomic E-state index is 11.9. The number of amidine groups is 1. The number of ether oxygens (including phenoxy) is 1. The fourth-order valence-electron chi connectivity index (χ4n) is 3.59. The second-order valence-corrected chi connectivity index (χ2v) is 10.5. The van der Waals surface area contributed by atoms with Crippen molar-refractivity contribution < 1.29 is 13.2 Å². The van der Waals surface area contributed by atoms with Gasteiger partial charge in [-0.25, -0.2) is 8.42 Å². The molecule has 0 unspecified atom stereocenters. The van der Waals surface area contributed by atoms with Crippen LogP contribution in [0.1, 0.15) is 18.1 Å². The molecule has 7 heteroatoms. The lowest BCUT2D eigenvalue weighted by Gasteiger charge is -2.25. The molecule has 2 aromatic rings. The highest BCUT2D eigenvalue weighted by molar-refractivity contribution is 8.15. The van der Waals surface area contributed by atoms with Crippen molar-refractivity contribution in [1.82, 2.24) is 0 Å². The van der Waals surface area contributed by atoms with Gasteiger partial charge >= 0.3 is 0 Å². The van der Waals surface area contributed by atoms with Crippen LogP contribution in [0.4, 0.5) is 5.69 Å². The van der Waals surface area contributed by atoms with Crippen LogP contribution in [-0.2, 0) is 16.4 Å². The zero-order valence-corrected chi connectivity index (χ0v) is 17.7. The maximum atomic E-state index is 11.9. The molecule has 2 heterocycles. The molecule has 2 aromatic carbocycles. The third-order valence-corrected chi connectivity index (χ3v) is 8.33. The Morgan fingerprint density at radius 2 is 1.89 bits per heavy atom. The highest BCUT2D eigenvalue weighted by atomic mass is 32.2. The average Bonchev–Trinajstić information content (AvgIpc) is 3.15. The quantitative estimate of drug-likeness (QED) is 0.744. The molecule has 0 N–H and O–H groups in total. The molecule has 0 amide bonds. The molecule has 0 saturated carbocycles. The first-order valence-corrected chi connectivity index (χ1v) is 12.1. The van der Waals surface area contributed by atoms with Gasteiger partial charge in [0.2, 0.25) is 0 Å². The smallest absolute Gasteiger partial charge is 0.164 e. The van der Waals surface area contributed by atoms with Gasteiger partial charge < -0.3 is 9.64 Å². The molecule has 0 spiro atoms. The van der Waals surface area contributed by atoms with Crippen LogP contribution in [0.2, 0.25) is 0 Å². The first kappa shape index (κ1) is 19.3. The fraction of sp³-hybridized carbons (Fsp3) is 0.381. The van der Waals surface area contributed by atoms with Crippen LogP contribution >= 0.6 is 11.8 Å². The van der Waals surface area contributed by atoms with Crippen molar-refractivity contribution in [3.63, 3.8) is 0 Å². The average molecular weight is 417 g/mol. The predicted molar refractivity (Wildman–Crippen MR) is 116 cm³/mol. The lowest BCUT2D eigenvalue weighted by molar-refractivity contribution is 0.340. The highest BCUT2D eigenvalue weighted by Gasteiger charge is 2.44. The van der Waals surface area contributed by atoms with Crippen molar-refractivity contribution in [2.75, 3.05) is 23.0 Å². The fourth-order valence-corrected chi connectivity index (χ4v) is 7.37. The van der Waals surface area contributed by atoms with E-state index < -0.39 is 9.84 Å². The van der Waals surface area contributed by atoms with E-state index in [0.717, 1.165) is 16.6 Å². The summed E-state index contributed by atoms with van der Waals surface area (Å²) in [5.74, 6) is 1.22. The number of anilines is 1. The standard InChI is InChI=1S/C21H24N2O3S2/c1-3-26-18-10-8-17(9-11-18)23(12-16-7-5-4-6-15(16)2)21-22-19-13-28(24,25)14-20(19)27-21/h4-11,19-20H,3,12-14H2,1-2H3/t19-,20+/m1/s1. The first-order valence-electron chi connectivity index (χ1n) is 9.45. The van der Waals surface area contributed by atoms with Crippen molar-refractivity contribution in [1.29, 1.82) is 0 Å². The predicted octanol–water partition coefficient (Wildman–Crippen LogP) is 3.67. The molecule has 2 atom stereocenters. The summed E-state index contributed by atoms with van der Waals surface area (Å²) >= 11 is 1.59. The lowest BCUT2D eigenvalue weighted by Crippen LogP contribution is -2.28. The number of sulfone groups is 1. The third kappa shape index (κ3) is 4.05. The van der Waals surface area contributed by atoms with E-state index in [0.29, 0.717) is 13.2 Å². The van der Waals surface area contributed by atoms with E-state index in [9.17, 15) is 8.42 Å². The largest absolute Gasteiger partial charge is 0.494 e. The summed E-state index contributed by atoms with van der Waals surface area (Å²) < 4.78 is 29.4. The molecule has 1 fully saturated rings. The Hall–Kier alpha value is -1.99. The molecule has 5 nitrogen and oxygen atoms in total. The number of hydrogen-bond donors (Lipinski definition) is 0. The summed E-state index contributed by atoms with van der Waals surface area (Å²) in [6, 6.07) is 16.2. The van der Waals surface area contributed by atoms with E-state index >= 15 is 0 Å². The van der Waals surface area contributed by atoms with Crippen molar-refractivity contribution in [2.45, 2.75) is 31.7 Å². The Morgan fingerprint density at radius 1 is 1.14 bits per heavy atom. The van der Waals surface area contributed by atoms with Crippen LogP contribution < -0.4 is 9.64 Å². The van der Waals surface area contributed by atoms with E-state index in [4.69, 9.17) is 9.73 Å². The summed E-state index contributed by atoms with van der Waals surface area (Å²) in [6.07, 6.45) is 0. The van der Waals surface area contributed by atoms with Crippen LogP contribution in [0.15, 0.2) is 53.5 Å². The second-order valence-electron chi connectivity index (χ2n) is 7.15. The van der Waals surface area contributed by atoms with E-state index in [1.807, 2.05) is 43.3 Å². The van der Waals surface area contributed by atoms with Crippen molar-refractivity contribution in [2.24, 2.45) is 4.99 Å². The lowest BCUT2D eigenvalue weighted by atomic mass is 10.1. The van der Waals surface area contributed by atoms with E-state index in [-0.39, 0.29) is 22.8 Å². The minimum absolute atomic E-state index is 0.0297. The Morgan fingerprint density at radius 3 is 2.57 bits per heavy atom. The SMILES string of the molecule is CCOc1ccc(N(Cc2ccccc2C)C2=N[C@@H]3CS(=O)(=O)C[C@@H]3S2)cc1. The minimum atomic E-state index is -2.96. The number of aryl methyl sites for hydroxylation is 1. The van der Waals surface area contributed by atoms with Gasteiger partial charge in [0.25, 0.3) is 0 Å². The van der Waals surface area contributed by atoms with Crippen LogP contribution in [0.25, 0.3) is 0 Å². The van der Waals surface area contributed by atoms with Crippen molar-refractivity contribution in [3.05, 3.63) is 59.7 Å². The summed E-state index contributed by atoms with van der Waals surface area (Å²) in [7, 11) is -2.96. The molecule has 0 aliphatic carbocycles. The Bertz CT molecular complexity index is 987. The van der Waals surface area contributed by atoms with E-state index in [1.54, 1.807) is 11.8 Å². The van der Waals surface area contributed by atoms with Gasteiger partial charge in [0, 0.05) is 10.9 Å². The van der Waals surface area contributed by atoms with Gasteiger partial charge in [0.1, 0.15) is 5.75 Å². The second kappa shape index (κ2) is 7.79. The number of nitrogens with zero attached hydrogens (tertiary/aromatic N) is 2. The van der Waals surface area contributed by atoms with Gasteiger partial charge in [0.05, 0.1) is 30.7 Å². The Kier molecular flexibility index (Phi) is 5.38. The molecule has 2 aliphatic rings.